The topological polar surface area (TPSA) is 59.0 Å². The van der Waals surface area contributed by atoms with Gasteiger partial charge in [0.25, 0.3) is 0 Å². The lowest BCUT2D eigenvalue weighted by Crippen LogP contribution is -2.48. The molecule has 5 nitrogen and oxygen atoms in total. The van der Waals surface area contributed by atoms with Crippen molar-refractivity contribution in [1.29, 1.82) is 0 Å². The van der Waals surface area contributed by atoms with Gasteiger partial charge >= 0.3 is 6.09 Å². The van der Waals surface area contributed by atoms with Crippen LogP contribution in [0.25, 0.3) is 0 Å². The van der Waals surface area contributed by atoms with Crippen LogP contribution < -0.4 is 4.74 Å². The quantitative estimate of drug-likeness (QED) is 0.925. The number of hydrogen-bond donors (Lipinski definition) is 1. The maximum atomic E-state index is 12.4. The van der Waals surface area contributed by atoms with Gasteiger partial charge in [0, 0.05) is 6.54 Å². The number of rotatable bonds is 3. The molecule has 1 heterocycles. The van der Waals surface area contributed by atoms with E-state index < -0.39 is 11.7 Å². The first-order chi connectivity index (χ1) is 10.8. The fraction of sp³-hybridized carbons (Fsp3) is 0.611. The number of aliphatic hydroxyl groups is 1. The van der Waals surface area contributed by atoms with E-state index in [0.29, 0.717) is 6.54 Å². The minimum Gasteiger partial charge on any atom is -0.497 e. The van der Waals surface area contributed by atoms with Crippen molar-refractivity contribution in [2.24, 2.45) is 0 Å². The molecule has 1 aromatic carbocycles. The zero-order valence-electron chi connectivity index (χ0n) is 14.4. The summed E-state index contributed by atoms with van der Waals surface area (Å²) in [6, 6.07) is 7.06. The van der Waals surface area contributed by atoms with E-state index in [4.69, 9.17) is 9.47 Å². The number of benzene rings is 1. The molecule has 23 heavy (non-hydrogen) atoms. The van der Waals surface area contributed by atoms with Gasteiger partial charge < -0.3 is 19.5 Å². The Morgan fingerprint density at radius 3 is 2.48 bits per heavy atom. The summed E-state index contributed by atoms with van der Waals surface area (Å²) in [5, 5.41) is 10.7. The molecule has 1 saturated heterocycles. The molecule has 0 unspecified atom stereocenters. The lowest BCUT2D eigenvalue weighted by molar-refractivity contribution is -0.0169. The van der Waals surface area contributed by atoms with Gasteiger partial charge in [-0.05, 0) is 57.7 Å². The van der Waals surface area contributed by atoms with E-state index in [-0.39, 0.29) is 12.1 Å². The van der Waals surface area contributed by atoms with Gasteiger partial charge in [-0.3, -0.25) is 0 Å². The average Bonchev–Trinajstić information content (AvgIpc) is 2.52. The molecule has 1 aromatic rings. The van der Waals surface area contributed by atoms with Crippen molar-refractivity contribution in [2.45, 2.75) is 57.8 Å². The summed E-state index contributed by atoms with van der Waals surface area (Å²) in [5.74, 6) is 0.744. The van der Waals surface area contributed by atoms with Crippen LogP contribution in [0.2, 0.25) is 0 Å². The lowest BCUT2D eigenvalue weighted by atomic mass is 9.93. The zero-order chi connectivity index (χ0) is 17.0. The molecular formula is C18H27NO4. The highest BCUT2D eigenvalue weighted by Crippen LogP contribution is 2.30. The van der Waals surface area contributed by atoms with E-state index in [0.717, 1.165) is 30.6 Å². The molecule has 2 atom stereocenters. The summed E-state index contributed by atoms with van der Waals surface area (Å²) >= 11 is 0. The molecule has 2 rings (SSSR count). The first kappa shape index (κ1) is 17.6. The van der Waals surface area contributed by atoms with Crippen molar-refractivity contribution in [3.63, 3.8) is 0 Å². The minimum atomic E-state index is -0.728. The predicted octanol–water partition coefficient (Wildman–Crippen LogP) is 3.52. The van der Waals surface area contributed by atoms with Crippen molar-refractivity contribution >= 4 is 6.09 Å². The number of amides is 1. The third-order valence-corrected chi connectivity index (χ3v) is 4.00. The van der Waals surface area contributed by atoms with Crippen LogP contribution >= 0.6 is 0 Å². The molecule has 0 bridgehead atoms. The second-order valence-electron chi connectivity index (χ2n) is 6.95. The summed E-state index contributed by atoms with van der Waals surface area (Å²) in [7, 11) is 1.61. The highest BCUT2D eigenvalue weighted by atomic mass is 16.6. The van der Waals surface area contributed by atoms with Crippen molar-refractivity contribution in [2.75, 3.05) is 13.7 Å². The number of hydrogen-bond acceptors (Lipinski definition) is 4. The van der Waals surface area contributed by atoms with E-state index in [9.17, 15) is 9.90 Å². The predicted molar refractivity (Wildman–Crippen MR) is 88.5 cm³/mol. The van der Waals surface area contributed by atoms with E-state index in [1.54, 1.807) is 12.0 Å². The number of aliphatic hydroxyl groups excluding tert-OH is 1. The fourth-order valence-electron chi connectivity index (χ4n) is 2.86. The summed E-state index contributed by atoms with van der Waals surface area (Å²) < 4.78 is 10.6. The standard InChI is InChI=1S/C18H27NO4/c1-18(2,3)23-17(21)19-12-6-5-7-15(19)16(20)13-8-10-14(22-4)11-9-13/h8-11,15-16,20H,5-7,12H2,1-4H3/t15-,16+/m0/s1. The second kappa shape index (κ2) is 7.21. The molecular weight excluding hydrogens is 294 g/mol. The van der Waals surface area contributed by atoms with Crippen LogP contribution in [-0.4, -0.2) is 41.4 Å². The van der Waals surface area contributed by atoms with E-state index in [1.807, 2.05) is 45.0 Å². The molecule has 0 saturated carbocycles. The molecule has 0 aromatic heterocycles. The Morgan fingerprint density at radius 2 is 1.91 bits per heavy atom. The second-order valence-corrected chi connectivity index (χ2v) is 6.95. The molecule has 1 aliphatic rings. The fourth-order valence-corrected chi connectivity index (χ4v) is 2.86. The molecule has 0 radical (unpaired) electrons. The monoisotopic (exact) mass is 321 g/mol. The lowest BCUT2D eigenvalue weighted by Gasteiger charge is -2.39. The normalized spacial score (nSPS) is 20.0. The largest absolute Gasteiger partial charge is 0.497 e. The van der Waals surface area contributed by atoms with Gasteiger partial charge in [-0.15, -0.1) is 0 Å². The number of methoxy groups -OCH3 is 1. The Labute approximate surface area is 138 Å². The van der Waals surface area contributed by atoms with Gasteiger partial charge in [0.15, 0.2) is 0 Å². The van der Waals surface area contributed by atoms with Crippen LogP contribution in [0.3, 0.4) is 0 Å². The Bertz CT molecular complexity index is 521. The van der Waals surface area contributed by atoms with E-state index >= 15 is 0 Å². The Morgan fingerprint density at radius 1 is 1.26 bits per heavy atom. The maximum Gasteiger partial charge on any atom is 0.410 e. The SMILES string of the molecule is COc1ccc([C@@H](O)[C@@H]2CCCCN2C(=O)OC(C)(C)C)cc1. The van der Waals surface area contributed by atoms with Gasteiger partial charge in [0.05, 0.1) is 19.3 Å². The number of piperidine rings is 1. The van der Waals surface area contributed by atoms with Crippen molar-refractivity contribution < 1.29 is 19.4 Å². The summed E-state index contributed by atoms with van der Waals surface area (Å²) in [6.45, 7) is 6.17. The number of nitrogens with zero attached hydrogens (tertiary/aromatic N) is 1. The van der Waals surface area contributed by atoms with Gasteiger partial charge in [-0.2, -0.15) is 0 Å². The van der Waals surface area contributed by atoms with Gasteiger partial charge in [-0.25, -0.2) is 4.79 Å². The minimum absolute atomic E-state index is 0.257. The molecule has 1 fully saturated rings. The Kier molecular flexibility index (Phi) is 5.52. The Hall–Kier alpha value is -1.75. The molecule has 1 N–H and O–H groups in total. The van der Waals surface area contributed by atoms with Crippen LogP contribution in [0.15, 0.2) is 24.3 Å². The van der Waals surface area contributed by atoms with Crippen LogP contribution in [0, 0.1) is 0 Å². The summed E-state index contributed by atoms with van der Waals surface area (Å²) in [4.78, 5) is 14.1. The number of likely N-dealkylation sites (tertiary alicyclic amines) is 1. The van der Waals surface area contributed by atoms with Crippen molar-refractivity contribution in [3.8, 4) is 5.75 Å². The Balaban J connectivity index is 2.14. The molecule has 0 aliphatic carbocycles. The van der Waals surface area contributed by atoms with Crippen LogP contribution in [-0.2, 0) is 4.74 Å². The number of carbonyl (C=O) groups excluding carboxylic acids is 1. The smallest absolute Gasteiger partial charge is 0.410 e. The van der Waals surface area contributed by atoms with Crippen LogP contribution in [0.5, 0.6) is 5.75 Å². The highest BCUT2D eigenvalue weighted by Gasteiger charge is 2.35. The average molecular weight is 321 g/mol. The summed E-state index contributed by atoms with van der Waals surface area (Å²) in [6.07, 6.45) is 1.62. The molecule has 128 valence electrons. The van der Waals surface area contributed by atoms with Crippen LogP contribution in [0.4, 0.5) is 4.79 Å². The molecule has 0 spiro atoms. The van der Waals surface area contributed by atoms with Gasteiger partial charge in [0.1, 0.15) is 11.4 Å². The first-order valence-electron chi connectivity index (χ1n) is 8.13. The molecule has 1 aliphatic heterocycles. The number of ether oxygens (including phenoxy) is 2. The van der Waals surface area contributed by atoms with Gasteiger partial charge in [0.2, 0.25) is 0 Å². The number of carbonyl (C=O) groups is 1. The van der Waals surface area contributed by atoms with Gasteiger partial charge in [-0.1, -0.05) is 12.1 Å². The van der Waals surface area contributed by atoms with E-state index in [1.165, 1.54) is 0 Å². The molecule has 5 heteroatoms. The third-order valence-electron chi connectivity index (χ3n) is 4.00. The first-order valence-corrected chi connectivity index (χ1v) is 8.13. The highest BCUT2D eigenvalue weighted by molar-refractivity contribution is 5.68. The van der Waals surface area contributed by atoms with E-state index in [2.05, 4.69) is 0 Å². The molecule has 1 amide bonds. The zero-order valence-corrected chi connectivity index (χ0v) is 14.4. The van der Waals surface area contributed by atoms with Crippen LogP contribution in [0.1, 0.15) is 51.7 Å². The summed E-state index contributed by atoms with van der Waals surface area (Å²) in [5.41, 5.74) is 0.246. The van der Waals surface area contributed by atoms with Crippen molar-refractivity contribution in [3.05, 3.63) is 29.8 Å². The van der Waals surface area contributed by atoms with Crippen molar-refractivity contribution in [1.82, 2.24) is 4.90 Å². The third kappa shape index (κ3) is 4.61. The maximum absolute atomic E-state index is 12.4.